The van der Waals surface area contributed by atoms with Gasteiger partial charge in [-0.3, -0.25) is 4.79 Å². The fourth-order valence-electron chi connectivity index (χ4n) is 1.84. The monoisotopic (exact) mass is 332 g/mol. The summed E-state index contributed by atoms with van der Waals surface area (Å²) in [4.78, 5) is 11.8. The number of carbonyl (C=O) groups excluding carboxylic acids is 1. The van der Waals surface area contributed by atoms with Gasteiger partial charge in [-0.05, 0) is 18.1 Å². The van der Waals surface area contributed by atoms with Crippen molar-refractivity contribution in [3.63, 3.8) is 0 Å². The van der Waals surface area contributed by atoms with Crippen LogP contribution < -0.4 is 5.32 Å². The Balaban J connectivity index is 2.45. The first-order valence-corrected chi connectivity index (χ1v) is 9.02. The highest BCUT2D eigenvalue weighted by Gasteiger charge is 2.16. The van der Waals surface area contributed by atoms with Gasteiger partial charge in [0.25, 0.3) is 0 Å². The van der Waals surface area contributed by atoms with Crippen molar-refractivity contribution in [1.29, 1.82) is 0 Å². The van der Waals surface area contributed by atoms with Crippen molar-refractivity contribution in [1.82, 2.24) is 9.62 Å². The van der Waals surface area contributed by atoms with Crippen molar-refractivity contribution in [2.45, 2.75) is 26.3 Å². The van der Waals surface area contributed by atoms with Crippen LogP contribution >= 0.6 is 11.6 Å². The van der Waals surface area contributed by atoms with E-state index >= 15 is 0 Å². The number of sulfonamides is 1. The topological polar surface area (TPSA) is 66.5 Å². The molecule has 0 aliphatic heterocycles. The van der Waals surface area contributed by atoms with E-state index in [1.807, 2.05) is 25.1 Å². The molecule has 0 atom stereocenters. The van der Waals surface area contributed by atoms with E-state index in [9.17, 15) is 13.2 Å². The van der Waals surface area contributed by atoms with Gasteiger partial charge in [-0.2, -0.15) is 0 Å². The Bertz CT molecular complexity index is 575. The van der Waals surface area contributed by atoms with Gasteiger partial charge >= 0.3 is 0 Å². The van der Waals surface area contributed by atoms with Crippen LogP contribution in [0.15, 0.2) is 24.3 Å². The Hall–Kier alpha value is -1.11. The maximum atomic E-state index is 11.8. The van der Waals surface area contributed by atoms with E-state index in [-0.39, 0.29) is 18.9 Å². The molecule has 1 amide bonds. The molecule has 0 spiro atoms. The van der Waals surface area contributed by atoms with E-state index in [4.69, 9.17) is 11.6 Å². The minimum absolute atomic E-state index is 0.136. The molecule has 1 aromatic carbocycles. The minimum Gasteiger partial charge on any atom is -0.352 e. The van der Waals surface area contributed by atoms with E-state index < -0.39 is 10.0 Å². The minimum atomic E-state index is -3.26. The summed E-state index contributed by atoms with van der Waals surface area (Å²) in [7, 11) is -3.26. The summed E-state index contributed by atoms with van der Waals surface area (Å²) in [5, 5.41) is 3.34. The Morgan fingerprint density at radius 2 is 1.95 bits per heavy atom. The van der Waals surface area contributed by atoms with Crippen LogP contribution in [0.4, 0.5) is 0 Å². The number of nitrogens with zero attached hydrogens (tertiary/aromatic N) is 1. The van der Waals surface area contributed by atoms with Crippen molar-refractivity contribution in [2.24, 2.45) is 0 Å². The SMILES string of the molecule is CCCN(CCC(=O)NCc1ccccc1Cl)S(C)(=O)=O. The van der Waals surface area contributed by atoms with Gasteiger partial charge in [0.1, 0.15) is 0 Å². The number of benzene rings is 1. The lowest BCUT2D eigenvalue weighted by atomic mass is 10.2. The van der Waals surface area contributed by atoms with Crippen LogP contribution in [0, 0.1) is 0 Å². The van der Waals surface area contributed by atoms with Gasteiger partial charge in [-0.25, -0.2) is 12.7 Å². The van der Waals surface area contributed by atoms with Gasteiger partial charge in [0.2, 0.25) is 15.9 Å². The second kappa shape index (κ2) is 8.36. The lowest BCUT2D eigenvalue weighted by molar-refractivity contribution is -0.121. The number of amides is 1. The van der Waals surface area contributed by atoms with Crippen LogP contribution in [0.5, 0.6) is 0 Å². The zero-order valence-corrected chi connectivity index (χ0v) is 13.9. The van der Waals surface area contributed by atoms with Gasteiger partial charge in [0.05, 0.1) is 6.26 Å². The molecule has 0 aliphatic rings. The summed E-state index contributed by atoms with van der Waals surface area (Å²) < 4.78 is 24.4. The zero-order valence-electron chi connectivity index (χ0n) is 12.3. The molecule has 5 nitrogen and oxygen atoms in total. The Morgan fingerprint density at radius 1 is 1.29 bits per heavy atom. The normalized spacial score (nSPS) is 11.6. The number of rotatable bonds is 8. The lowest BCUT2D eigenvalue weighted by Gasteiger charge is -2.18. The number of hydrogen-bond acceptors (Lipinski definition) is 3. The highest BCUT2D eigenvalue weighted by atomic mass is 35.5. The molecule has 21 heavy (non-hydrogen) atoms. The van der Waals surface area contributed by atoms with Gasteiger partial charge < -0.3 is 5.32 Å². The summed E-state index contributed by atoms with van der Waals surface area (Å²) in [5.41, 5.74) is 0.834. The van der Waals surface area contributed by atoms with Gasteiger partial charge in [0, 0.05) is 31.1 Å². The van der Waals surface area contributed by atoms with E-state index in [1.165, 1.54) is 4.31 Å². The predicted octanol–water partition coefficient (Wildman–Crippen LogP) is 2.02. The Labute approximate surface area is 131 Å². The molecule has 1 N–H and O–H groups in total. The van der Waals surface area contributed by atoms with Crippen LogP contribution in [0.3, 0.4) is 0 Å². The fraction of sp³-hybridized carbons (Fsp3) is 0.500. The maximum Gasteiger partial charge on any atom is 0.221 e. The molecule has 7 heteroatoms. The Morgan fingerprint density at radius 3 is 2.52 bits per heavy atom. The van der Waals surface area contributed by atoms with Gasteiger partial charge in [0.15, 0.2) is 0 Å². The molecule has 1 rings (SSSR count). The van der Waals surface area contributed by atoms with E-state index in [2.05, 4.69) is 5.32 Å². The third kappa shape index (κ3) is 6.46. The molecule has 0 saturated heterocycles. The standard InChI is InChI=1S/C14H21ClN2O3S/c1-3-9-17(21(2,19)20)10-8-14(18)16-11-12-6-4-5-7-13(12)15/h4-7H,3,8-11H2,1-2H3,(H,16,18). The molecule has 0 aliphatic carbocycles. The fourth-order valence-corrected chi connectivity index (χ4v) is 2.98. The summed E-state index contributed by atoms with van der Waals surface area (Å²) in [6.07, 6.45) is 2.01. The summed E-state index contributed by atoms with van der Waals surface area (Å²) >= 11 is 6.00. The van der Waals surface area contributed by atoms with Crippen LogP contribution in [-0.2, 0) is 21.4 Å². The maximum absolute atomic E-state index is 11.8. The molecule has 1 aromatic rings. The van der Waals surface area contributed by atoms with Crippen LogP contribution in [0.2, 0.25) is 5.02 Å². The van der Waals surface area contributed by atoms with E-state index in [0.717, 1.165) is 11.8 Å². The largest absolute Gasteiger partial charge is 0.352 e. The molecular formula is C14H21ClN2O3S. The summed E-state index contributed by atoms with van der Waals surface area (Å²) in [6, 6.07) is 7.26. The predicted molar refractivity (Wildman–Crippen MR) is 84.6 cm³/mol. The van der Waals surface area contributed by atoms with Crippen molar-refractivity contribution < 1.29 is 13.2 Å². The first-order valence-electron chi connectivity index (χ1n) is 6.79. The molecule has 118 valence electrons. The molecule has 0 saturated carbocycles. The second-order valence-electron chi connectivity index (χ2n) is 4.78. The van der Waals surface area contributed by atoms with Gasteiger partial charge in [-0.1, -0.05) is 36.7 Å². The molecule has 0 radical (unpaired) electrons. The van der Waals surface area contributed by atoms with Crippen molar-refractivity contribution in [3.8, 4) is 0 Å². The zero-order chi connectivity index (χ0) is 15.9. The molecular weight excluding hydrogens is 312 g/mol. The average molecular weight is 333 g/mol. The molecule has 0 unspecified atom stereocenters. The van der Waals surface area contributed by atoms with Crippen LogP contribution in [0.25, 0.3) is 0 Å². The smallest absolute Gasteiger partial charge is 0.221 e. The van der Waals surface area contributed by atoms with E-state index in [0.29, 0.717) is 24.5 Å². The number of carbonyl (C=O) groups is 1. The molecule has 0 bridgehead atoms. The average Bonchev–Trinajstić information content (AvgIpc) is 2.41. The summed E-state index contributed by atoms with van der Waals surface area (Å²) in [5.74, 6) is -0.195. The summed E-state index contributed by atoms with van der Waals surface area (Å²) in [6.45, 7) is 2.86. The first-order chi connectivity index (χ1) is 9.84. The highest BCUT2D eigenvalue weighted by molar-refractivity contribution is 7.88. The third-order valence-corrected chi connectivity index (χ3v) is 4.64. The molecule has 0 aromatic heterocycles. The first kappa shape index (κ1) is 17.9. The van der Waals surface area contributed by atoms with Crippen LogP contribution in [0.1, 0.15) is 25.3 Å². The lowest BCUT2D eigenvalue weighted by Crippen LogP contribution is -2.35. The molecule has 0 heterocycles. The quantitative estimate of drug-likeness (QED) is 0.792. The second-order valence-corrected chi connectivity index (χ2v) is 7.17. The highest BCUT2D eigenvalue weighted by Crippen LogP contribution is 2.14. The van der Waals surface area contributed by atoms with Gasteiger partial charge in [-0.15, -0.1) is 0 Å². The van der Waals surface area contributed by atoms with E-state index in [1.54, 1.807) is 6.07 Å². The third-order valence-electron chi connectivity index (χ3n) is 2.96. The van der Waals surface area contributed by atoms with Crippen molar-refractivity contribution >= 4 is 27.5 Å². The van der Waals surface area contributed by atoms with Crippen molar-refractivity contribution in [3.05, 3.63) is 34.9 Å². The number of hydrogen-bond donors (Lipinski definition) is 1. The number of nitrogens with one attached hydrogen (secondary N) is 1. The Kier molecular flexibility index (Phi) is 7.14. The molecule has 0 fully saturated rings. The van der Waals surface area contributed by atoms with Crippen LogP contribution in [-0.4, -0.2) is 38.0 Å². The number of halogens is 1. The van der Waals surface area contributed by atoms with Crippen molar-refractivity contribution in [2.75, 3.05) is 19.3 Å².